The van der Waals surface area contributed by atoms with E-state index in [-0.39, 0.29) is 100.0 Å². The van der Waals surface area contributed by atoms with Crippen molar-refractivity contribution in [3.63, 3.8) is 0 Å². The van der Waals surface area contributed by atoms with E-state index < -0.39 is 141 Å². The van der Waals surface area contributed by atoms with E-state index >= 15 is 0 Å². The molecule has 1 fully saturated rings. The van der Waals surface area contributed by atoms with E-state index in [1.165, 1.54) is 26.2 Å². The number of rotatable bonds is 43. The molecule has 1 saturated carbocycles. The van der Waals surface area contributed by atoms with Gasteiger partial charge in [-0.05, 0) is 247 Å². The summed E-state index contributed by atoms with van der Waals surface area (Å²) in [6, 6.07) is -0.192. The molecule has 0 aromatic carbocycles. The lowest BCUT2D eigenvalue weighted by molar-refractivity contribution is -0.149. The van der Waals surface area contributed by atoms with Crippen molar-refractivity contribution in [3.05, 3.63) is 10.4 Å². The zero-order chi connectivity index (χ0) is 112. The van der Waals surface area contributed by atoms with Crippen LogP contribution in [0, 0.1) is 29.6 Å². The molecule has 0 heterocycles. The highest BCUT2D eigenvalue weighted by atomic mass is 35.5. The molecule has 0 radical (unpaired) electrons. The minimum atomic E-state index is -1.12. The first-order chi connectivity index (χ1) is 65.0. The van der Waals surface area contributed by atoms with Gasteiger partial charge in [-0.15, -0.1) is 0 Å². The molecule has 1 aliphatic carbocycles. The number of aliphatic hydroxyl groups is 1. The highest BCUT2D eigenvalue weighted by molar-refractivity contribution is 6.61. The first kappa shape index (κ1) is 148. The number of hydrogen-bond acceptors (Lipinski definition) is 42. The second-order valence-corrected chi connectivity index (χ2v) is 40.8. The molecule has 832 valence electrons. The Morgan fingerprint density at radius 1 is 0.352 bits per heavy atom. The number of carboxylic acids is 1. The molecule has 0 aliphatic heterocycles. The molecule has 12 N–H and O–H groups in total. The molecule has 0 saturated heterocycles. The summed E-state index contributed by atoms with van der Waals surface area (Å²) in [5.74, 6) is -6.81. The molecule has 45 nitrogen and oxygen atoms in total. The molecule has 142 heavy (non-hydrogen) atoms. The van der Waals surface area contributed by atoms with Crippen LogP contribution in [0.15, 0.2) is 5.11 Å². The molecule has 46 heteroatoms. The Labute approximate surface area is 849 Å². The van der Waals surface area contributed by atoms with Gasteiger partial charge in [0.2, 0.25) is 0 Å². The van der Waals surface area contributed by atoms with Gasteiger partial charge in [0, 0.05) is 126 Å². The van der Waals surface area contributed by atoms with Gasteiger partial charge >= 0.3 is 96.3 Å². The van der Waals surface area contributed by atoms with E-state index in [2.05, 4.69) is 80.8 Å². The summed E-state index contributed by atoms with van der Waals surface area (Å²) in [5, 5.41) is 20.5. The number of hydrogen-bond donors (Lipinski definition) is 7. The van der Waals surface area contributed by atoms with Gasteiger partial charge in [-0.1, -0.05) is 100 Å². The molecule has 0 aromatic rings. The van der Waals surface area contributed by atoms with Crippen LogP contribution in [0.1, 0.15) is 325 Å². The summed E-state index contributed by atoms with van der Waals surface area (Å²) in [5.41, 5.74) is 30.6. The summed E-state index contributed by atoms with van der Waals surface area (Å²) in [7, 11) is 0. The number of ether oxygens (including phenoxy) is 15. The van der Waals surface area contributed by atoms with Crippen LogP contribution in [-0.4, -0.2) is 295 Å². The van der Waals surface area contributed by atoms with Crippen molar-refractivity contribution in [2.24, 2.45) is 63.4 Å². The van der Waals surface area contributed by atoms with Crippen LogP contribution in [0.3, 0.4) is 0 Å². The van der Waals surface area contributed by atoms with E-state index in [0.29, 0.717) is 65.4 Å². The average Bonchev–Trinajstić information content (AvgIpc) is 1.20. The number of nitrogens with two attached hydrogens (primary N) is 5. The molecule has 0 spiro atoms. The first-order valence-electron chi connectivity index (χ1n) is 48.2. The first-order valence-corrected chi connectivity index (χ1v) is 48.6. The number of halogens is 1. The third kappa shape index (κ3) is 111. The van der Waals surface area contributed by atoms with Crippen molar-refractivity contribution >= 4 is 108 Å². The highest BCUT2D eigenvalue weighted by Gasteiger charge is 2.33. The maximum atomic E-state index is 12.4. The zero-order valence-corrected chi connectivity index (χ0v) is 92.4. The smallest absolute Gasteiger partial charge is 0.481 e. The number of nitrogens with zero attached hydrogens (tertiary/aromatic N) is 7. The minimum Gasteiger partial charge on any atom is -0.481 e. The Morgan fingerprint density at radius 3 is 0.796 bits per heavy atom. The topological polar surface area (TPSA) is 644 Å². The number of esters is 7. The molecule has 0 amide bonds. The second kappa shape index (κ2) is 82.0. The molecule has 1 aliphatic rings. The monoisotopic (exact) mass is 2070 g/mol. The third-order valence-electron chi connectivity index (χ3n) is 16.2. The van der Waals surface area contributed by atoms with Gasteiger partial charge in [0.15, 0.2) is 0 Å². The van der Waals surface area contributed by atoms with Crippen molar-refractivity contribution in [1.29, 1.82) is 0 Å². The Morgan fingerprint density at radius 2 is 0.592 bits per heavy atom. The second-order valence-electron chi connectivity index (χ2n) is 40.5. The largest absolute Gasteiger partial charge is 0.516 e. The van der Waals surface area contributed by atoms with Gasteiger partial charge in [0.05, 0.1) is 37.7 Å². The quantitative estimate of drug-likeness (QED) is 0.00567. The summed E-state index contributed by atoms with van der Waals surface area (Å²) in [6.07, 6.45) is 2.75. The van der Waals surface area contributed by atoms with E-state index in [0.717, 1.165) is 64.8 Å². The number of carbonyl (C=O) groups excluding carboxylic acids is 15. The van der Waals surface area contributed by atoms with E-state index in [9.17, 15) is 76.7 Å². The lowest BCUT2D eigenvalue weighted by Gasteiger charge is -2.35. The molecule has 1 rings (SSSR count). The fourth-order valence-corrected chi connectivity index (χ4v) is 10.3. The standard InChI is InChI=1S/C21H42N2O4.C17H38N6O4.C11H20O4.C10H17N3O4.C10H19NO4.C10H16O6.C10H18O5.C4H7ClO2.C3H6/c1-8-12-22(13-9-2)17-18(23(14-10-3)15-11-4)16-19(24)26-20(25)27-21(5,6)7;1-17(2,3)27-16(25)26-15(24)12-14(23(10-6-20)11-7-21)13-22(8-4-18)9-5-19;1-6-8(2)7-9(12)14-10(13)15-11(3,4)5;1-7(6-12-13-11)5-8(14)16-9(15)17-10(2,3)4;1-7(6-11)5-8(12)14-9(13)15-10(2,3)4;1-6(8(12)13)5-7(11)15-9(14)16-10(2,3)4;1-7(6-11)5-8(12)14-9(13)15-10(2,3)4;1-3(2)7-4(5)6;1-2-3-1/h18H,8-17H2,1-7H3;14H,4-13,18-21H2,1-3H3;8H,6-7H2,1-5H3;7H,5-6H2,1-4H3;7H,5-6,11H2,1-4H3;6H,5H2,1-4H3,(H,12,13);7,11H,5-6H2,1-4H3;3H,1-2H3;1-3H2. The van der Waals surface area contributed by atoms with E-state index in [4.69, 9.17) is 98.6 Å². The van der Waals surface area contributed by atoms with Crippen LogP contribution in [0.25, 0.3) is 10.4 Å². The van der Waals surface area contributed by atoms with Crippen LogP contribution in [0.2, 0.25) is 0 Å². The molecule has 0 bridgehead atoms. The van der Waals surface area contributed by atoms with Crippen LogP contribution in [0.5, 0.6) is 0 Å². The number of carbonyl (C=O) groups is 16. The van der Waals surface area contributed by atoms with Crippen LogP contribution < -0.4 is 28.7 Å². The van der Waals surface area contributed by atoms with Gasteiger partial charge < -0.3 is 115 Å². The van der Waals surface area contributed by atoms with Gasteiger partial charge in [-0.2, -0.15) is 0 Å². The third-order valence-corrected chi connectivity index (χ3v) is 16.3. The molecular formula is C96H183ClN12O33. The number of azide groups is 1. The number of aliphatic hydroxyl groups excluding tert-OH is 1. The maximum absolute atomic E-state index is 12.4. The van der Waals surface area contributed by atoms with E-state index in [1.807, 2.05) is 18.7 Å². The number of aliphatic carboxylic acids is 1. The zero-order valence-electron chi connectivity index (χ0n) is 91.7. The lowest BCUT2D eigenvalue weighted by Crippen LogP contribution is -2.50. The fourth-order valence-electron chi connectivity index (χ4n) is 10.1. The van der Waals surface area contributed by atoms with Gasteiger partial charge in [-0.3, -0.25) is 53.1 Å². The SMILES string of the molecule is C1CC1.CC(C)(C)OC(=O)OC(=O)CC(CN(CCN)CCN)N(CCN)CCN.CC(C)OC(=O)Cl.CC(CC(=O)OC(=O)OC(C)(C)C)C(=O)O.CC(CN)CC(=O)OC(=O)OC(C)(C)C.CC(CN=[N+]=[N-])CC(=O)OC(=O)OC(C)(C)C.CC(CO)CC(=O)OC(=O)OC(C)(C)C.CCC(C)CC(=O)OC(=O)OC(C)(C)C.CCCN(CCC)CC(CC(=O)OC(=O)OC(C)(C)C)N(CCC)CCC. The van der Waals surface area contributed by atoms with E-state index in [1.54, 1.807) is 180 Å². The Bertz CT molecular complexity index is 3400. The Kier molecular flexibility index (Phi) is 85.4. The fraction of sp³-hybridized carbons (Fsp3) is 0.833. The molecule has 0 aromatic heterocycles. The Balaban J connectivity index is -0.000000245. The molecule has 7 unspecified atom stereocenters. The number of carboxylic acid groups (broad SMARTS) is 1. The van der Waals surface area contributed by atoms with Crippen molar-refractivity contribution in [2.45, 2.75) is 382 Å². The maximum Gasteiger partial charge on any atom is 0.516 e. The average molecular weight is 2070 g/mol. The van der Waals surface area contributed by atoms with Crippen LogP contribution >= 0.6 is 11.6 Å². The van der Waals surface area contributed by atoms with Crippen molar-refractivity contribution < 1.29 is 158 Å². The minimum absolute atomic E-state index is 0.0000586. The van der Waals surface area contributed by atoms with Gasteiger partial charge in [0.25, 0.3) is 0 Å². The summed E-state index contributed by atoms with van der Waals surface area (Å²) in [6.45, 7) is 67.9. The lowest BCUT2D eigenvalue weighted by atomic mass is 10.1. The van der Waals surface area contributed by atoms with Crippen LogP contribution in [-0.2, 0) is 109 Å². The van der Waals surface area contributed by atoms with Crippen molar-refractivity contribution in [1.82, 2.24) is 19.6 Å². The predicted octanol–water partition coefficient (Wildman–Crippen LogP) is 16.3. The Hall–Kier alpha value is -9.28. The van der Waals surface area contributed by atoms with Crippen molar-refractivity contribution in [3.8, 4) is 0 Å². The molecule has 7 atom stereocenters. The predicted molar refractivity (Wildman–Crippen MR) is 535 cm³/mol. The normalized spacial score (nSPS) is 13.0. The van der Waals surface area contributed by atoms with Gasteiger partial charge in [-0.25, -0.2) is 38.4 Å². The summed E-state index contributed by atoms with van der Waals surface area (Å²) < 4.78 is 70.2. The summed E-state index contributed by atoms with van der Waals surface area (Å²) in [4.78, 5) is 191. The van der Waals surface area contributed by atoms with Crippen LogP contribution in [0.4, 0.5) is 38.4 Å². The van der Waals surface area contributed by atoms with Gasteiger partial charge in [0.1, 0.15) is 39.2 Å². The van der Waals surface area contributed by atoms with Crippen molar-refractivity contribution in [2.75, 3.05) is 111 Å². The molecular weight excluding hydrogens is 1880 g/mol. The summed E-state index contributed by atoms with van der Waals surface area (Å²) >= 11 is 4.81. The highest BCUT2D eigenvalue weighted by Crippen LogP contribution is 2.21.